The normalized spacial score (nSPS) is 14.3. The van der Waals surface area contributed by atoms with Crippen molar-refractivity contribution in [3.05, 3.63) is 23.4 Å². The summed E-state index contributed by atoms with van der Waals surface area (Å²) >= 11 is 11.8. The average Bonchev–Trinajstić information content (AvgIpc) is 2.21. The van der Waals surface area contributed by atoms with Gasteiger partial charge in [-0.15, -0.1) is 6.58 Å². The zero-order valence-corrected chi connectivity index (χ0v) is 12.4. The molecule has 1 unspecified atom stereocenters. The van der Waals surface area contributed by atoms with Gasteiger partial charge >= 0.3 is 6.80 Å². The van der Waals surface area contributed by atoms with Crippen LogP contribution >= 0.6 is 41.4 Å². The fourth-order valence-corrected chi connectivity index (χ4v) is 3.58. The summed E-state index contributed by atoms with van der Waals surface area (Å²) in [6.07, 6.45) is 2.63. The maximum Gasteiger partial charge on any atom is 0.439 e. The monoisotopic (exact) mass is 304 g/mol. The van der Waals surface area contributed by atoms with E-state index in [9.17, 15) is 4.57 Å². The molecule has 16 heavy (non-hydrogen) atoms. The van der Waals surface area contributed by atoms with Crippen LogP contribution in [0.1, 0.15) is 13.8 Å². The maximum absolute atomic E-state index is 12.1. The third-order valence-corrected chi connectivity index (χ3v) is 4.87. The van der Waals surface area contributed by atoms with Gasteiger partial charge in [-0.25, -0.2) is 4.57 Å². The number of hydrogen-bond acceptors (Lipinski definition) is 4. The Morgan fingerprint density at radius 2 is 2.19 bits per heavy atom. The molecule has 0 radical (unpaired) electrons. The molecule has 0 spiro atoms. The molecule has 0 N–H and O–H groups in total. The third kappa shape index (κ3) is 8.54. The zero-order valence-electron chi connectivity index (χ0n) is 9.19. The van der Waals surface area contributed by atoms with Crippen molar-refractivity contribution in [1.82, 2.24) is 0 Å². The van der Waals surface area contributed by atoms with E-state index in [4.69, 9.17) is 32.2 Å². The summed E-state index contributed by atoms with van der Waals surface area (Å²) in [6, 6.07) is 0. The van der Waals surface area contributed by atoms with E-state index in [2.05, 4.69) is 6.58 Å². The van der Waals surface area contributed by atoms with Crippen LogP contribution in [0.4, 0.5) is 0 Å². The summed E-state index contributed by atoms with van der Waals surface area (Å²) in [5.41, 5.74) is 0. The molecular formula is C9H15Cl2O3PS. The van der Waals surface area contributed by atoms with Crippen LogP contribution in [0.5, 0.6) is 0 Å². The van der Waals surface area contributed by atoms with E-state index in [0.29, 0.717) is 12.4 Å². The van der Waals surface area contributed by atoms with Crippen molar-refractivity contribution in [2.45, 2.75) is 13.8 Å². The Hall–Kier alpha value is 0.400. The van der Waals surface area contributed by atoms with Gasteiger partial charge in [0.15, 0.2) is 0 Å². The highest BCUT2D eigenvalue weighted by atomic mass is 35.5. The van der Waals surface area contributed by atoms with Crippen molar-refractivity contribution in [3.63, 3.8) is 0 Å². The summed E-state index contributed by atoms with van der Waals surface area (Å²) in [6.45, 7) is 4.54. The van der Waals surface area contributed by atoms with Crippen LogP contribution in [0.15, 0.2) is 23.4 Å². The van der Waals surface area contributed by atoms with Crippen LogP contribution in [0.25, 0.3) is 0 Å². The standard InChI is InChI=1S/C9H15Cl2O3PS/c1-4-5-16-15(12,13-6-8(2)3)14-7-9(10)11/h4,7-8H,1,5-6H2,2-3H3. The Morgan fingerprint density at radius 1 is 1.56 bits per heavy atom. The highest BCUT2D eigenvalue weighted by Crippen LogP contribution is 2.61. The molecule has 0 aliphatic rings. The lowest BCUT2D eigenvalue weighted by Gasteiger charge is -2.16. The van der Waals surface area contributed by atoms with E-state index in [0.717, 1.165) is 17.6 Å². The largest absolute Gasteiger partial charge is 0.439 e. The second kappa shape index (κ2) is 8.48. The molecule has 1 atom stereocenters. The second-order valence-corrected chi connectivity index (χ2v) is 8.31. The van der Waals surface area contributed by atoms with Crippen molar-refractivity contribution in [3.8, 4) is 0 Å². The van der Waals surface area contributed by atoms with Crippen molar-refractivity contribution in [1.29, 1.82) is 0 Å². The Labute approximate surface area is 110 Å². The lowest BCUT2D eigenvalue weighted by atomic mass is 10.2. The smallest absolute Gasteiger partial charge is 0.422 e. The molecule has 0 aromatic carbocycles. The first-order valence-corrected chi connectivity index (χ1v) is 8.48. The van der Waals surface area contributed by atoms with Crippen molar-refractivity contribution in [2.75, 3.05) is 12.4 Å². The van der Waals surface area contributed by atoms with Crippen LogP contribution < -0.4 is 0 Å². The Kier molecular flexibility index (Phi) is 8.70. The summed E-state index contributed by atoms with van der Waals surface area (Å²) in [4.78, 5) is 0. The minimum Gasteiger partial charge on any atom is -0.422 e. The minimum atomic E-state index is -3.24. The lowest BCUT2D eigenvalue weighted by molar-refractivity contribution is 0.235. The van der Waals surface area contributed by atoms with Crippen molar-refractivity contribution >= 4 is 41.4 Å². The molecule has 0 fully saturated rings. The van der Waals surface area contributed by atoms with Gasteiger partial charge in [-0.05, 0) is 17.3 Å². The highest BCUT2D eigenvalue weighted by molar-refractivity contribution is 8.55. The first kappa shape index (κ1) is 16.4. The van der Waals surface area contributed by atoms with Gasteiger partial charge in [-0.3, -0.25) is 4.52 Å². The summed E-state index contributed by atoms with van der Waals surface area (Å²) < 4.78 is 22.2. The quantitative estimate of drug-likeness (QED) is 0.360. The topological polar surface area (TPSA) is 35.5 Å². The highest BCUT2D eigenvalue weighted by Gasteiger charge is 2.25. The van der Waals surface area contributed by atoms with E-state index in [1.807, 2.05) is 13.8 Å². The van der Waals surface area contributed by atoms with Crippen molar-refractivity contribution < 1.29 is 13.6 Å². The average molecular weight is 305 g/mol. The molecule has 0 amide bonds. The van der Waals surface area contributed by atoms with Crippen LogP contribution in [-0.2, 0) is 13.6 Å². The molecule has 0 rings (SSSR count). The molecule has 0 saturated carbocycles. The SMILES string of the molecule is C=CCSP(=O)(OC=C(Cl)Cl)OCC(C)C. The summed E-state index contributed by atoms with van der Waals surface area (Å²) in [5, 5.41) is 0. The van der Waals surface area contributed by atoms with Gasteiger partial charge in [0.05, 0.1) is 6.61 Å². The Balaban J connectivity index is 4.41. The van der Waals surface area contributed by atoms with Crippen LogP contribution in [-0.4, -0.2) is 12.4 Å². The predicted molar refractivity (Wildman–Crippen MR) is 71.9 cm³/mol. The first-order valence-electron chi connectivity index (χ1n) is 4.59. The fraction of sp³-hybridized carbons (Fsp3) is 0.556. The summed E-state index contributed by atoms with van der Waals surface area (Å²) in [7, 11) is 0. The van der Waals surface area contributed by atoms with Gasteiger partial charge in [-0.2, -0.15) is 0 Å². The van der Waals surface area contributed by atoms with Gasteiger partial charge in [0.2, 0.25) is 0 Å². The van der Waals surface area contributed by atoms with E-state index < -0.39 is 6.80 Å². The van der Waals surface area contributed by atoms with Gasteiger partial charge in [0.25, 0.3) is 0 Å². The van der Waals surface area contributed by atoms with Gasteiger partial charge in [0, 0.05) is 5.75 Å². The molecule has 7 heteroatoms. The van der Waals surface area contributed by atoms with E-state index in [1.165, 1.54) is 0 Å². The molecule has 94 valence electrons. The third-order valence-electron chi connectivity index (χ3n) is 1.19. The maximum atomic E-state index is 12.1. The second-order valence-electron chi connectivity index (χ2n) is 3.23. The van der Waals surface area contributed by atoms with Crippen LogP contribution in [0.2, 0.25) is 0 Å². The van der Waals surface area contributed by atoms with E-state index >= 15 is 0 Å². The molecule has 0 aromatic heterocycles. The van der Waals surface area contributed by atoms with E-state index in [-0.39, 0.29) is 10.4 Å². The van der Waals surface area contributed by atoms with Crippen molar-refractivity contribution in [2.24, 2.45) is 5.92 Å². The summed E-state index contributed by atoms with van der Waals surface area (Å²) in [5.74, 6) is 0.722. The van der Waals surface area contributed by atoms with E-state index in [1.54, 1.807) is 6.08 Å². The number of rotatable bonds is 8. The molecular weight excluding hydrogens is 290 g/mol. The Bertz CT molecular complexity index is 290. The lowest BCUT2D eigenvalue weighted by Crippen LogP contribution is -2.00. The molecule has 0 bridgehead atoms. The molecule has 3 nitrogen and oxygen atoms in total. The van der Waals surface area contributed by atoms with Crippen LogP contribution in [0.3, 0.4) is 0 Å². The molecule has 0 aromatic rings. The van der Waals surface area contributed by atoms with Gasteiger partial charge in [-0.1, -0.05) is 43.1 Å². The predicted octanol–water partition coefficient (Wildman–Crippen LogP) is 4.98. The molecule has 0 aliphatic carbocycles. The Morgan fingerprint density at radius 3 is 2.62 bits per heavy atom. The molecule has 0 saturated heterocycles. The number of hydrogen-bond donors (Lipinski definition) is 0. The van der Waals surface area contributed by atoms with Gasteiger partial charge < -0.3 is 4.52 Å². The number of halogens is 2. The molecule has 0 aliphatic heterocycles. The van der Waals surface area contributed by atoms with Crippen LogP contribution in [0, 0.1) is 5.92 Å². The van der Waals surface area contributed by atoms with Gasteiger partial charge in [0.1, 0.15) is 10.8 Å². The first-order chi connectivity index (χ1) is 7.39. The zero-order chi connectivity index (χ0) is 12.6. The molecule has 0 heterocycles. The minimum absolute atomic E-state index is 0.104. The fourth-order valence-electron chi connectivity index (χ4n) is 0.587.